The lowest BCUT2D eigenvalue weighted by Crippen LogP contribution is -2.35. The summed E-state index contributed by atoms with van der Waals surface area (Å²) in [6, 6.07) is 1.38. The number of rotatable bonds is 4. The van der Waals surface area contributed by atoms with Crippen LogP contribution in [0.25, 0.3) is 0 Å². The predicted molar refractivity (Wildman–Crippen MR) is 53.3 cm³/mol. The van der Waals surface area contributed by atoms with E-state index in [9.17, 15) is 0 Å². The highest BCUT2D eigenvalue weighted by Crippen LogP contribution is 2.11. The fraction of sp³-hybridized carbons (Fsp3) is 0.800. The summed E-state index contributed by atoms with van der Waals surface area (Å²) in [5, 5.41) is 3.46. The summed E-state index contributed by atoms with van der Waals surface area (Å²) in [7, 11) is 0. The SMILES string of the molecule is C=CCNC1CCN(C(C)C)C1. The van der Waals surface area contributed by atoms with Crippen LogP contribution >= 0.6 is 0 Å². The Labute approximate surface area is 75.6 Å². The van der Waals surface area contributed by atoms with Crippen molar-refractivity contribution in [2.75, 3.05) is 19.6 Å². The van der Waals surface area contributed by atoms with Crippen molar-refractivity contribution in [1.29, 1.82) is 0 Å². The van der Waals surface area contributed by atoms with Gasteiger partial charge in [0.2, 0.25) is 0 Å². The van der Waals surface area contributed by atoms with Gasteiger partial charge in [-0.15, -0.1) is 6.58 Å². The lowest BCUT2D eigenvalue weighted by Gasteiger charge is -2.20. The normalized spacial score (nSPS) is 25.1. The summed E-state index contributed by atoms with van der Waals surface area (Å²) in [6.45, 7) is 11.6. The van der Waals surface area contributed by atoms with Gasteiger partial charge in [-0.25, -0.2) is 0 Å². The van der Waals surface area contributed by atoms with Gasteiger partial charge in [0.1, 0.15) is 0 Å². The molecule has 1 heterocycles. The molecule has 1 atom stereocenters. The Kier molecular flexibility index (Phi) is 3.76. The highest BCUT2D eigenvalue weighted by atomic mass is 15.2. The number of nitrogens with zero attached hydrogens (tertiary/aromatic N) is 1. The molecule has 0 spiro atoms. The second-order valence-corrected chi connectivity index (χ2v) is 3.77. The van der Waals surface area contributed by atoms with E-state index in [2.05, 4.69) is 30.6 Å². The molecule has 1 N–H and O–H groups in total. The van der Waals surface area contributed by atoms with Crippen molar-refractivity contribution >= 4 is 0 Å². The average Bonchev–Trinajstić information content (AvgIpc) is 2.48. The van der Waals surface area contributed by atoms with Gasteiger partial charge in [-0.3, -0.25) is 4.90 Å². The lowest BCUT2D eigenvalue weighted by molar-refractivity contribution is 0.269. The first-order valence-electron chi connectivity index (χ1n) is 4.82. The number of likely N-dealkylation sites (tertiary alicyclic amines) is 1. The molecular formula is C10H20N2. The summed E-state index contributed by atoms with van der Waals surface area (Å²) >= 11 is 0. The fourth-order valence-electron chi connectivity index (χ4n) is 1.67. The fourth-order valence-corrected chi connectivity index (χ4v) is 1.67. The summed E-state index contributed by atoms with van der Waals surface area (Å²) in [6.07, 6.45) is 3.21. The molecule has 1 saturated heterocycles. The molecule has 1 fully saturated rings. The van der Waals surface area contributed by atoms with Gasteiger partial charge in [0, 0.05) is 25.2 Å². The van der Waals surface area contributed by atoms with Gasteiger partial charge in [0.15, 0.2) is 0 Å². The first-order chi connectivity index (χ1) is 5.74. The predicted octanol–water partition coefficient (Wildman–Crippen LogP) is 1.24. The van der Waals surface area contributed by atoms with Crippen LogP contribution in [0.5, 0.6) is 0 Å². The molecule has 1 aliphatic rings. The Morgan fingerprint density at radius 1 is 1.67 bits per heavy atom. The molecule has 2 nitrogen and oxygen atoms in total. The Balaban J connectivity index is 2.21. The summed E-state index contributed by atoms with van der Waals surface area (Å²) in [5.41, 5.74) is 0. The first-order valence-corrected chi connectivity index (χ1v) is 4.82. The van der Waals surface area contributed by atoms with Crippen molar-refractivity contribution in [1.82, 2.24) is 10.2 Å². The molecule has 0 aromatic rings. The summed E-state index contributed by atoms with van der Waals surface area (Å²) in [4.78, 5) is 2.51. The molecule has 1 aliphatic heterocycles. The molecule has 1 rings (SSSR count). The quantitative estimate of drug-likeness (QED) is 0.635. The Morgan fingerprint density at radius 2 is 2.42 bits per heavy atom. The van der Waals surface area contributed by atoms with Crippen molar-refractivity contribution in [3.8, 4) is 0 Å². The van der Waals surface area contributed by atoms with E-state index in [-0.39, 0.29) is 0 Å². The maximum atomic E-state index is 3.70. The van der Waals surface area contributed by atoms with Crippen molar-refractivity contribution in [2.45, 2.75) is 32.4 Å². The van der Waals surface area contributed by atoms with Crippen LogP contribution in [-0.4, -0.2) is 36.6 Å². The minimum atomic E-state index is 0.686. The van der Waals surface area contributed by atoms with E-state index in [4.69, 9.17) is 0 Å². The smallest absolute Gasteiger partial charge is 0.0210 e. The highest BCUT2D eigenvalue weighted by Gasteiger charge is 2.22. The maximum Gasteiger partial charge on any atom is 0.0210 e. The van der Waals surface area contributed by atoms with Crippen LogP contribution in [0.1, 0.15) is 20.3 Å². The van der Waals surface area contributed by atoms with Crippen LogP contribution in [0.15, 0.2) is 12.7 Å². The standard InChI is InChI=1S/C10H20N2/c1-4-6-11-10-5-7-12(8-10)9(2)3/h4,9-11H,1,5-8H2,2-3H3. The van der Waals surface area contributed by atoms with E-state index >= 15 is 0 Å². The summed E-state index contributed by atoms with van der Waals surface area (Å²) in [5.74, 6) is 0. The van der Waals surface area contributed by atoms with Gasteiger partial charge in [-0.2, -0.15) is 0 Å². The van der Waals surface area contributed by atoms with Crippen LogP contribution in [0.4, 0.5) is 0 Å². The Hall–Kier alpha value is -0.340. The second-order valence-electron chi connectivity index (χ2n) is 3.77. The Bertz CT molecular complexity index is 143. The van der Waals surface area contributed by atoms with E-state index < -0.39 is 0 Å². The molecule has 0 aromatic heterocycles. The third-order valence-corrected chi connectivity index (χ3v) is 2.50. The van der Waals surface area contributed by atoms with Crippen molar-refractivity contribution in [2.24, 2.45) is 0 Å². The van der Waals surface area contributed by atoms with Crippen LogP contribution in [0.3, 0.4) is 0 Å². The van der Waals surface area contributed by atoms with E-state index in [1.165, 1.54) is 19.5 Å². The van der Waals surface area contributed by atoms with Gasteiger partial charge in [0.25, 0.3) is 0 Å². The van der Waals surface area contributed by atoms with E-state index in [1.54, 1.807) is 0 Å². The molecule has 0 radical (unpaired) electrons. The van der Waals surface area contributed by atoms with Crippen LogP contribution in [0.2, 0.25) is 0 Å². The average molecular weight is 168 g/mol. The molecule has 2 heteroatoms. The molecule has 0 bridgehead atoms. The van der Waals surface area contributed by atoms with Crippen LogP contribution in [-0.2, 0) is 0 Å². The number of hydrogen-bond donors (Lipinski definition) is 1. The molecule has 0 aliphatic carbocycles. The minimum Gasteiger partial charge on any atom is -0.309 e. The van der Waals surface area contributed by atoms with Gasteiger partial charge >= 0.3 is 0 Å². The van der Waals surface area contributed by atoms with Gasteiger partial charge < -0.3 is 5.32 Å². The lowest BCUT2D eigenvalue weighted by atomic mass is 10.2. The van der Waals surface area contributed by atoms with Gasteiger partial charge in [0.05, 0.1) is 0 Å². The molecule has 0 aromatic carbocycles. The van der Waals surface area contributed by atoms with Crippen molar-refractivity contribution in [3.05, 3.63) is 12.7 Å². The molecule has 0 saturated carbocycles. The first kappa shape index (κ1) is 9.75. The maximum absolute atomic E-state index is 3.70. The Morgan fingerprint density at radius 3 is 2.92 bits per heavy atom. The zero-order valence-corrected chi connectivity index (χ0v) is 8.21. The topological polar surface area (TPSA) is 15.3 Å². The second kappa shape index (κ2) is 4.63. The van der Waals surface area contributed by atoms with Crippen molar-refractivity contribution in [3.63, 3.8) is 0 Å². The van der Waals surface area contributed by atoms with Crippen molar-refractivity contribution < 1.29 is 0 Å². The zero-order chi connectivity index (χ0) is 8.97. The molecule has 12 heavy (non-hydrogen) atoms. The van der Waals surface area contributed by atoms with Gasteiger partial charge in [-0.1, -0.05) is 6.08 Å². The van der Waals surface area contributed by atoms with E-state index in [1.807, 2.05) is 6.08 Å². The number of nitrogens with one attached hydrogen (secondary N) is 1. The molecule has 0 amide bonds. The third-order valence-electron chi connectivity index (χ3n) is 2.50. The third kappa shape index (κ3) is 2.61. The number of hydrogen-bond acceptors (Lipinski definition) is 2. The zero-order valence-electron chi connectivity index (χ0n) is 8.21. The largest absolute Gasteiger partial charge is 0.309 e. The van der Waals surface area contributed by atoms with Crippen LogP contribution < -0.4 is 5.32 Å². The molecular weight excluding hydrogens is 148 g/mol. The monoisotopic (exact) mass is 168 g/mol. The molecule has 1 unspecified atom stereocenters. The molecule has 70 valence electrons. The van der Waals surface area contributed by atoms with Gasteiger partial charge in [-0.05, 0) is 26.8 Å². The summed E-state index contributed by atoms with van der Waals surface area (Å²) < 4.78 is 0. The van der Waals surface area contributed by atoms with E-state index in [0.717, 1.165) is 6.54 Å². The highest BCUT2D eigenvalue weighted by molar-refractivity contribution is 4.84. The minimum absolute atomic E-state index is 0.686. The van der Waals surface area contributed by atoms with Crippen LogP contribution in [0, 0.1) is 0 Å². The van der Waals surface area contributed by atoms with E-state index in [0.29, 0.717) is 12.1 Å².